The summed E-state index contributed by atoms with van der Waals surface area (Å²) in [7, 11) is 0. The standard InChI is InChI=1S/C9H10FN5O2/c10-8-5(3-11)14-12-4-6(8)15-2-1-7(16)13-9(15)17/h4H,1-3,11H2,(H,13,16,17). The summed E-state index contributed by atoms with van der Waals surface area (Å²) >= 11 is 0. The third-order valence-electron chi connectivity index (χ3n) is 2.37. The van der Waals surface area contributed by atoms with Gasteiger partial charge < -0.3 is 5.73 Å². The molecule has 0 atom stereocenters. The maximum absolute atomic E-state index is 13.8. The van der Waals surface area contributed by atoms with Gasteiger partial charge in [-0.1, -0.05) is 0 Å². The number of imide groups is 1. The summed E-state index contributed by atoms with van der Waals surface area (Å²) in [6, 6.07) is -0.670. The largest absolute Gasteiger partial charge is 0.328 e. The van der Waals surface area contributed by atoms with Crippen molar-refractivity contribution in [3.63, 3.8) is 0 Å². The fraction of sp³-hybridized carbons (Fsp3) is 0.333. The molecule has 0 spiro atoms. The molecule has 1 fully saturated rings. The highest BCUT2D eigenvalue weighted by Crippen LogP contribution is 2.21. The van der Waals surface area contributed by atoms with Crippen molar-refractivity contribution in [2.45, 2.75) is 13.0 Å². The molecule has 3 N–H and O–H groups in total. The number of amides is 3. The van der Waals surface area contributed by atoms with E-state index in [1.165, 1.54) is 0 Å². The third kappa shape index (κ3) is 2.07. The lowest BCUT2D eigenvalue weighted by Crippen LogP contribution is -2.50. The molecular formula is C9H10FN5O2. The fourth-order valence-electron chi connectivity index (χ4n) is 1.51. The van der Waals surface area contributed by atoms with Gasteiger partial charge in [0.1, 0.15) is 11.4 Å². The molecule has 0 saturated carbocycles. The molecule has 17 heavy (non-hydrogen) atoms. The molecule has 2 rings (SSSR count). The second-order valence-electron chi connectivity index (χ2n) is 3.45. The number of nitrogens with zero attached hydrogens (tertiary/aromatic N) is 3. The van der Waals surface area contributed by atoms with Gasteiger partial charge in [-0.3, -0.25) is 15.0 Å². The molecule has 0 bridgehead atoms. The zero-order valence-electron chi connectivity index (χ0n) is 8.81. The Bertz CT molecular complexity index is 478. The molecule has 3 amide bonds. The van der Waals surface area contributed by atoms with Crippen LogP contribution in [0.2, 0.25) is 0 Å². The van der Waals surface area contributed by atoms with E-state index in [4.69, 9.17) is 5.73 Å². The topological polar surface area (TPSA) is 101 Å². The van der Waals surface area contributed by atoms with Crippen LogP contribution in [0.5, 0.6) is 0 Å². The fourth-order valence-corrected chi connectivity index (χ4v) is 1.51. The van der Waals surface area contributed by atoms with E-state index in [1.807, 2.05) is 0 Å². The van der Waals surface area contributed by atoms with Gasteiger partial charge in [0.25, 0.3) is 0 Å². The van der Waals surface area contributed by atoms with Crippen molar-refractivity contribution < 1.29 is 14.0 Å². The molecule has 7 nitrogen and oxygen atoms in total. The first kappa shape index (κ1) is 11.4. The van der Waals surface area contributed by atoms with Gasteiger partial charge in [-0.15, -0.1) is 0 Å². The Labute approximate surface area is 95.8 Å². The average molecular weight is 239 g/mol. The van der Waals surface area contributed by atoms with Crippen LogP contribution in [-0.4, -0.2) is 28.7 Å². The maximum Gasteiger partial charge on any atom is 0.328 e. The van der Waals surface area contributed by atoms with Crippen LogP contribution in [-0.2, 0) is 11.3 Å². The minimum Gasteiger partial charge on any atom is -0.325 e. The van der Waals surface area contributed by atoms with Crippen molar-refractivity contribution in [1.29, 1.82) is 0 Å². The molecule has 1 saturated heterocycles. The predicted octanol–water partition coefficient (Wildman–Crippen LogP) is -0.479. The Morgan fingerprint density at radius 2 is 2.29 bits per heavy atom. The van der Waals surface area contributed by atoms with Crippen LogP contribution < -0.4 is 16.0 Å². The van der Waals surface area contributed by atoms with Crippen LogP contribution in [0.25, 0.3) is 0 Å². The number of anilines is 1. The molecule has 0 aromatic carbocycles. The van der Waals surface area contributed by atoms with E-state index in [-0.39, 0.29) is 36.8 Å². The number of urea groups is 1. The summed E-state index contributed by atoms with van der Waals surface area (Å²) in [5.74, 6) is -1.07. The van der Waals surface area contributed by atoms with E-state index >= 15 is 0 Å². The SMILES string of the molecule is NCc1nncc(N2CCC(=O)NC2=O)c1F. The average Bonchev–Trinajstić information content (AvgIpc) is 2.30. The first-order valence-electron chi connectivity index (χ1n) is 4.95. The van der Waals surface area contributed by atoms with E-state index in [2.05, 4.69) is 15.5 Å². The number of carbonyl (C=O) groups excluding carboxylic acids is 2. The first-order valence-corrected chi connectivity index (χ1v) is 4.95. The summed E-state index contributed by atoms with van der Waals surface area (Å²) in [5, 5.41) is 9.18. The smallest absolute Gasteiger partial charge is 0.325 e. The van der Waals surface area contributed by atoms with Gasteiger partial charge in [0.2, 0.25) is 5.91 Å². The monoisotopic (exact) mass is 239 g/mol. The van der Waals surface area contributed by atoms with Gasteiger partial charge >= 0.3 is 6.03 Å². The van der Waals surface area contributed by atoms with Crippen molar-refractivity contribution in [2.24, 2.45) is 5.73 Å². The van der Waals surface area contributed by atoms with Crippen LogP contribution in [0.15, 0.2) is 6.20 Å². The Morgan fingerprint density at radius 3 is 2.94 bits per heavy atom. The molecule has 0 unspecified atom stereocenters. The quantitative estimate of drug-likeness (QED) is 0.725. The number of halogens is 1. The minimum atomic E-state index is -0.688. The number of hydrogen-bond acceptors (Lipinski definition) is 5. The number of carbonyl (C=O) groups is 2. The molecule has 0 radical (unpaired) electrons. The van der Waals surface area contributed by atoms with E-state index in [9.17, 15) is 14.0 Å². The van der Waals surface area contributed by atoms with Gasteiger partial charge in [0.05, 0.1) is 6.20 Å². The maximum atomic E-state index is 13.8. The van der Waals surface area contributed by atoms with Crippen molar-refractivity contribution >= 4 is 17.6 Å². The molecule has 90 valence electrons. The highest BCUT2D eigenvalue weighted by molar-refractivity contribution is 6.05. The lowest BCUT2D eigenvalue weighted by molar-refractivity contribution is -0.120. The normalized spacial score (nSPS) is 16.0. The van der Waals surface area contributed by atoms with Gasteiger partial charge in [0, 0.05) is 19.5 Å². The van der Waals surface area contributed by atoms with Crippen LogP contribution >= 0.6 is 0 Å². The summed E-state index contributed by atoms with van der Waals surface area (Å²) in [6.45, 7) is -0.00163. The Balaban J connectivity index is 2.34. The zero-order valence-corrected chi connectivity index (χ0v) is 8.81. The summed E-state index contributed by atoms with van der Waals surface area (Å²) < 4.78 is 13.8. The Hall–Kier alpha value is -2.09. The molecule has 2 heterocycles. The first-order chi connectivity index (χ1) is 8.13. The summed E-state index contributed by atoms with van der Waals surface area (Å²) in [6.07, 6.45) is 1.25. The van der Waals surface area contributed by atoms with Crippen LogP contribution in [0.3, 0.4) is 0 Å². The van der Waals surface area contributed by atoms with Gasteiger partial charge in [0.15, 0.2) is 5.82 Å². The van der Waals surface area contributed by atoms with Crippen molar-refractivity contribution in [3.05, 3.63) is 17.7 Å². The van der Waals surface area contributed by atoms with E-state index in [0.29, 0.717) is 0 Å². The zero-order chi connectivity index (χ0) is 12.4. The third-order valence-corrected chi connectivity index (χ3v) is 2.37. The minimum absolute atomic E-state index is 0.0211. The van der Waals surface area contributed by atoms with Gasteiger partial charge in [-0.05, 0) is 0 Å². The van der Waals surface area contributed by atoms with Crippen LogP contribution in [0.4, 0.5) is 14.9 Å². The molecule has 1 aromatic rings. The highest BCUT2D eigenvalue weighted by Gasteiger charge is 2.27. The number of nitrogens with two attached hydrogens (primary N) is 1. The lowest BCUT2D eigenvalue weighted by atomic mass is 10.2. The van der Waals surface area contributed by atoms with Crippen LogP contribution in [0.1, 0.15) is 12.1 Å². The summed E-state index contributed by atoms with van der Waals surface area (Å²) in [5.41, 5.74) is 5.25. The van der Waals surface area contributed by atoms with Gasteiger partial charge in [-0.2, -0.15) is 10.2 Å². The highest BCUT2D eigenvalue weighted by atomic mass is 19.1. The number of nitrogens with one attached hydrogen (secondary N) is 1. The molecular weight excluding hydrogens is 229 g/mol. The van der Waals surface area contributed by atoms with Crippen LogP contribution in [0, 0.1) is 5.82 Å². The molecule has 1 aliphatic heterocycles. The van der Waals surface area contributed by atoms with Crippen molar-refractivity contribution in [3.8, 4) is 0 Å². The Kier molecular flexibility index (Phi) is 2.96. The van der Waals surface area contributed by atoms with E-state index in [0.717, 1.165) is 11.1 Å². The second kappa shape index (κ2) is 4.42. The predicted molar refractivity (Wildman–Crippen MR) is 55.4 cm³/mol. The molecule has 8 heteroatoms. The van der Waals surface area contributed by atoms with E-state index < -0.39 is 11.8 Å². The van der Waals surface area contributed by atoms with Gasteiger partial charge in [-0.25, -0.2) is 9.18 Å². The number of hydrogen-bond donors (Lipinski definition) is 2. The second-order valence-corrected chi connectivity index (χ2v) is 3.45. The Morgan fingerprint density at radius 1 is 1.53 bits per heavy atom. The van der Waals surface area contributed by atoms with Crippen molar-refractivity contribution in [1.82, 2.24) is 15.5 Å². The lowest BCUT2D eigenvalue weighted by Gasteiger charge is -2.26. The molecule has 1 aliphatic rings. The summed E-state index contributed by atoms with van der Waals surface area (Å²) in [4.78, 5) is 23.6. The van der Waals surface area contributed by atoms with Crippen molar-refractivity contribution in [2.75, 3.05) is 11.4 Å². The number of aromatic nitrogens is 2. The number of rotatable bonds is 2. The molecule has 0 aliphatic carbocycles. The van der Waals surface area contributed by atoms with E-state index in [1.54, 1.807) is 0 Å². The molecule has 1 aromatic heterocycles.